The lowest BCUT2D eigenvalue weighted by molar-refractivity contribution is -0.107. The van der Waals surface area contributed by atoms with Crippen LogP contribution >= 0.6 is 0 Å². The van der Waals surface area contributed by atoms with Gasteiger partial charge in [0.1, 0.15) is 6.29 Å². The van der Waals surface area contributed by atoms with Crippen LogP contribution in [-0.2, 0) is 9.53 Å². The summed E-state index contributed by atoms with van der Waals surface area (Å²) in [6.07, 6.45) is 5.19. The minimum absolute atomic E-state index is 0.744. The molecule has 0 aliphatic carbocycles. The topological polar surface area (TPSA) is 26.3 Å². The van der Waals surface area contributed by atoms with E-state index in [0.29, 0.717) is 0 Å². The molecule has 0 saturated heterocycles. The van der Waals surface area contributed by atoms with Crippen LogP contribution in [-0.4, -0.2) is 19.5 Å². The summed E-state index contributed by atoms with van der Waals surface area (Å²) in [5.41, 5.74) is 0. The lowest BCUT2D eigenvalue weighted by Gasteiger charge is -1.86. The summed E-state index contributed by atoms with van der Waals surface area (Å²) >= 11 is 0. The van der Waals surface area contributed by atoms with Crippen molar-refractivity contribution in [3.05, 3.63) is 0 Å². The third kappa shape index (κ3) is 22.6. The molecule has 0 atom stereocenters. The molecular formula is C10H22O2. The second-order valence-corrected chi connectivity index (χ2v) is 2.44. The van der Waals surface area contributed by atoms with Crippen LogP contribution in [0.2, 0.25) is 0 Å². The molecule has 0 spiro atoms. The Morgan fingerprint density at radius 3 is 1.92 bits per heavy atom. The molecule has 0 amide bonds. The predicted octanol–water partition coefficient (Wildman–Crippen LogP) is 2.81. The fourth-order valence-electron chi connectivity index (χ4n) is 0.682. The summed E-state index contributed by atoms with van der Waals surface area (Å²) < 4.78 is 4.83. The van der Waals surface area contributed by atoms with E-state index in [9.17, 15) is 4.79 Å². The first-order chi connectivity index (χ1) is 5.83. The van der Waals surface area contributed by atoms with Crippen LogP contribution in [0.1, 0.15) is 46.5 Å². The zero-order valence-electron chi connectivity index (χ0n) is 8.64. The summed E-state index contributed by atoms with van der Waals surface area (Å²) in [6.45, 7) is 7.80. The molecule has 0 fully saturated rings. The molecule has 0 unspecified atom stereocenters. The van der Waals surface area contributed by atoms with E-state index in [1.807, 2.05) is 13.8 Å². The third-order valence-electron chi connectivity index (χ3n) is 1.33. The Morgan fingerprint density at radius 2 is 1.67 bits per heavy atom. The van der Waals surface area contributed by atoms with Gasteiger partial charge < -0.3 is 9.53 Å². The SMILES string of the molecule is CCCCCC=O.CCOCC. The minimum atomic E-state index is 0.744. The summed E-state index contributed by atoms with van der Waals surface area (Å²) in [6, 6.07) is 0. The molecule has 0 aromatic heterocycles. The zero-order chi connectivity index (χ0) is 9.66. The highest BCUT2D eigenvalue weighted by molar-refractivity contribution is 5.48. The Morgan fingerprint density at radius 1 is 1.08 bits per heavy atom. The van der Waals surface area contributed by atoms with Crippen molar-refractivity contribution in [2.24, 2.45) is 0 Å². The average Bonchev–Trinajstić information content (AvgIpc) is 2.08. The number of hydrogen-bond acceptors (Lipinski definition) is 2. The van der Waals surface area contributed by atoms with E-state index in [2.05, 4.69) is 6.92 Å². The molecule has 74 valence electrons. The number of ether oxygens (including phenoxy) is 1. The standard InChI is InChI=1S/C6H12O.C4H10O/c1-2-3-4-5-6-7;1-3-5-4-2/h6H,2-5H2,1H3;3-4H2,1-2H3. The van der Waals surface area contributed by atoms with Crippen LogP contribution in [0.5, 0.6) is 0 Å². The molecule has 2 nitrogen and oxygen atoms in total. The smallest absolute Gasteiger partial charge is 0.119 e. The highest BCUT2D eigenvalue weighted by Crippen LogP contribution is 1.94. The maximum absolute atomic E-state index is 9.68. The van der Waals surface area contributed by atoms with E-state index in [1.54, 1.807) is 0 Å². The number of aldehydes is 1. The van der Waals surface area contributed by atoms with Crippen molar-refractivity contribution >= 4 is 6.29 Å². The number of hydrogen-bond donors (Lipinski definition) is 0. The number of carbonyl (C=O) groups excluding carboxylic acids is 1. The van der Waals surface area contributed by atoms with Crippen LogP contribution in [0, 0.1) is 0 Å². The Bertz CT molecular complexity index is 70.2. The first-order valence-electron chi connectivity index (χ1n) is 4.84. The van der Waals surface area contributed by atoms with Crippen molar-refractivity contribution in [1.82, 2.24) is 0 Å². The van der Waals surface area contributed by atoms with Crippen molar-refractivity contribution in [3.8, 4) is 0 Å². The number of rotatable bonds is 6. The molecule has 0 bridgehead atoms. The molecule has 12 heavy (non-hydrogen) atoms. The van der Waals surface area contributed by atoms with Gasteiger partial charge in [-0.25, -0.2) is 0 Å². The Balaban J connectivity index is 0. The fourth-order valence-corrected chi connectivity index (χ4v) is 0.682. The van der Waals surface area contributed by atoms with Crippen LogP contribution in [0.3, 0.4) is 0 Å². The first kappa shape index (κ1) is 14.2. The zero-order valence-corrected chi connectivity index (χ0v) is 8.64. The van der Waals surface area contributed by atoms with E-state index in [0.717, 1.165) is 32.3 Å². The van der Waals surface area contributed by atoms with Gasteiger partial charge in [-0.2, -0.15) is 0 Å². The van der Waals surface area contributed by atoms with Gasteiger partial charge in [-0.05, 0) is 20.3 Å². The maximum Gasteiger partial charge on any atom is 0.119 e. The largest absolute Gasteiger partial charge is 0.382 e. The van der Waals surface area contributed by atoms with E-state index in [4.69, 9.17) is 4.74 Å². The van der Waals surface area contributed by atoms with Crippen molar-refractivity contribution in [1.29, 1.82) is 0 Å². The van der Waals surface area contributed by atoms with Crippen molar-refractivity contribution in [2.75, 3.05) is 13.2 Å². The quantitative estimate of drug-likeness (QED) is 0.457. The van der Waals surface area contributed by atoms with Crippen LogP contribution in [0.4, 0.5) is 0 Å². The number of carbonyl (C=O) groups is 1. The van der Waals surface area contributed by atoms with Crippen molar-refractivity contribution in [3.63, 3.8) is 0 Å². The van der Waals surface area contributed by atoms with Gasteiger partial charge in [-0.3, -0.25) is 0 Å². The molecule has 0 saturated carbocycles. The second-order valence-electron chi connectivity index (χ2n) is 2.44. The molecule has 0 rings (SSSR count). The van der Waals surface area contributed by atoms with Gasteiger partial charge in [-0.15, -0.1) is 0 Å². The van der Waals surface area contributed by atoms with Gasteiger partial charge in [0.2, 0.25) is 0 Å². The molecule has 0 aliphatic rings. The maximum atomic E-state index is 9.68. The van der Waals surface area contributed by atoms with Crippen molar-refractivity contribution < 1.29 is 9.53 Å². The van der Waals surface area contributed by atoms with Gasteiger partial charge in [0.05, 0.1) is 0 Å². The lowest BCUT2D eigenvalue weighted by Crippen LogP contribution is -1.84. The molecule has 0 heterocycles. The second kappa shape index (κ2) is 16.9. The van der Waals surface area contributed by atoms with Gasteiger partial charge >= 0.3 is 0 Å². The fraction of sp³-hybridized carbons (Fsp3) is 0.900. The monoisotopic (exact) mass is 174 g/mol. The summed E-state index contributed by atoms with van der Waals surface area (Å²) in [4.78, 5) is 9.68. The predicted molar refractivity (Wildman–Crippen MR) is 52.4 cm³/mol. The molecule has 0 aromatic carbocycles. The van der Waals surface area contributed by atoms with Gasteiger partial charge in [0.25, 0.3) is 0 Å². The van der Waals surface area contributed by atoms with E-state index < -0.39 is 0 Å². The third-order valence-corrected chi connectivity index (χ3v) is 1.33. The van der Waals surface area contributed by atoms with E-state index in [-0.39, 0.29) is 0 Å². The Labute approximate surface area is 76.3 Å². The summed E-state index contributed by atoms with van der Waals surface area (Å²) in [5.74, 6) is 0. The number of unbranched alkanes of at least 4 members (excludes halogenated alkanes) is 3. The molecule has 0 radical (unpaired) electrons. The summed E-state index contributed by atoms with van der Waals surface area (Å²) in [7, 11) is 0. The average molecular weight is 174 g/mol. The highest BCUT2D eigenvalue weighted by atomic mass is 16.5. The molecular weight excluding hydrogens is 152 g/mol. The molecule has 2 heteroatoms. The van der Waals surface area contributed by atoms with Gasteiger partial charge in [0, 0.05) is 19.6 Å². The normalized spacial score (nSPS) is 8.58. The van der Waals surface area contributed by atoms with E-state index >= 15 is 0 Å². The highest BCUT2D eigenvalue weighted by Gasteiger charge is 1.80. The molecule has 0 aliphatic heterocycles. The molecule has 0 aromatic rings. The van der Waals surface area contributed by atoms with Gasteiger partial charge in [-0.1, -0.05) is 19.8 Å². The Kier molecular flexibility index (Phi) is 20.0. The van der Waals surface area contributed by atoms with Crippen LogP contribution < -0.4 is 0 Å². The van der Waals surface area contributed by atoms with Gasteiger partial charge in [0.15, 0.2) is 0 Å². The van der Waals surface area contributed by atoms with Crippen LogP contribution in [0.15, 0.2) is 0 Å². The summed E-state index contributed by atoms with van der Waals surface area (Å²) in [5, 5.41) is 0. The molecule has 0 N–H and O–H groups in total. The first-order valence-corrected chi connectivity index (χ1v) is 4.84. The Hall–Kier alpha value is -0.370. The minimum Gasteiger partial charge on any atom is -0.382 e. The van der Waals surface area contributed by atoms with Crippen molar-refractivity contribution in [2.45, 2.75) is 46.5 Å². The van der Waals surface area contributed by atoms with Crippen LogP contribution in [0.25, 0.3) is 0 Å². The van der Waals surface area contributed by atoms with E-state index in [1.165, 1.54) is 12.8 Å². The lowest BCUT2D eigenvalue weighted by atomic mass is 10.2.